The van der Waals surface area contributed by atoms with E-state index in [4.69, 9.17) is 5.73 Å². The predicted molar refractivity (Wildman–Crippen MR) is 44.1 cm³/mol. The van der Waals surface area contributed by atoms with Crippen LogP contribution in [0.4, 0.5) is 17.6 Å². The first kappa shape index (κ1) is 11.0. The van der Waals surface area contributed by atoms with Crippen LogP contribution in [0.5, 0.6) is 0 Å². The molecule has 5 heteroatoms. The number of rotatable bonds is 2. The highest BCUT2D eigenvalue weighted by Gasteiger charge is 2.36. The molecule has 0 heterocycles. The van der Waals surface area contributed by atoms with Crippen molar-refractivity contribution in [1.29, 1.82) is 0 Å². The van der Waals surface area contributed by atoms with Gasteiger partial charge in [0, 0.05) is 0 Å². The van der Waals surface area contributed by atoms with Crippen molar-refractivity contribution >= 4 is 0 Å². The van der Waals surface area contributed by atoms with E-state index in [1.165, 1.54) is 18.2 Å². The summed E-state index contributed by atoms with van der Waals surface area (Å²) in [5.74, 6) is -0.558. The molecule has 78 valence electrons. The zero-order valence-electron chi connectivity index (χ0n) is 7.18. The first-order valence-corrected chi connectivity index (χ1v) is 3.96. The maximum Gasteiger partial charge on any atom is 0.403 e. The van der Waals surface area contributed by atoms with Gasteiger partial charge in [0.05, 0.1) is 0 Å². The SMILES string of the molecule is NC(Cc1cccc(F)c1)C(F)(F)F. The predicted octanol–water partition coefficient (Wildman–Crippen LogP) is 2.26. The Kier molecular flexibility index (Phi) is 3.10. The van der Waals surface area contributed by atoms with Gasteiger partial charge in [0.15, 0.2) is 0 Å². The minimum atomic E-state index is -4.44. The molecule has 1 aromatic carbocycles. The molecule has 0 aliphatic heterocycles. The van der Waals surface area contributed by atoms with Crippen molar-refractivity contribution in [2.45, 2.75) is 18.6 Å². The van der Waals surface area contributed by atoms with Crippen LogP contribution in [0.25, 0.3) is 0 Å². The topological polar surface area (TPSA) is 26.0 Å². The molecule has 0 radical (unpaired) electrons. The summed E-state index contributed by atoms with van der Waals surface area (Å²) in [4.78, 5) is 0. The Morgan fingerprint density at radius 3 is 2.43 bits per heavy atom. The van der Waals surface area contributed by atoms with Crippen LogP contribution in [-0.4, -0.2) is 12.2 Å². The first-order chi connectivity index (χ1) is 6.39. The zero-order chi connectivity index (χ0) is 10.8. The van der Waals surface area contributed by atoms with Gasteiger partial charge >= 0.3 is 6.18 Å². The molecule has 0 aromatic heterocycles. The van der Waals surface area contributed by atoms with Crippen LogP contribution >= 0.6 is 0 Å². The number of benzene rings is 1. The molecule has 0 amide bonds. The highest BCUT2D eigenvalue weighted by Crippen LogP contribution is 2.21. The van der Waals surface area contributed by atoms with E-state index in [2.05, 4.69) is 0 Å². The van der Waals surface area contributed by atoms with E-state index in [9.17, 15) is 17.6 Å². The van der Waals surface area contributed by atoms with E-state index >= 15 is 0 Å². The van der Waals surface area contributed by atoms with Gasteiger partial charge in [-0.25, -0.2) is 4.39 Å². The molecule has 0 saturated heterocycles. The van der Waals surface area contributed by atoms with Gasteiger partial charge in [-0.15, -0.1) is 0 Å². The average Bonchev–Trinajstić information content (AvgIpc) is 2.02. The monoisotopic (exact) mass is 207 g/mol. The summed E-state index contributed by atoms with van der Waals surface area (Å²) < 4.78 is 48.6. The lowest BCUT2D eigenvalue weighted by Crippen LogP contribution is -2.39. The molecule has 0 saturated carbocycles. The number of hydrogen-bond donors (Lipinski definition) is 1. The highest BCUT2D eigenvalue weighted by atomic mass is 19.4. The quantitative estimate of drug-likeness (QED) is 0.739. The van der Waals surface area contributed by atoms with Crippen molar-refractivity contribution in [1.82, 2.24) is 0 Å². The third-order valence-electron chi connectivity index (χ3n) is 1.77. The molecule has 0 fully saturated rings. The smallest absolute Gasteiger partial charge is 0.320 e. The zero-order valence-corrected chi connectivity index (χ0v) is 7.18. The molecule has 1 atom stereocenters. The van der Waals surface area contributed by atoms with Gasteiger partial charge in [-0.1, -0.05) is 12.1 Å². The molecule has 2 N–H and O–H groups in total. The second-order valence-corrected chi connectivity index (χ2v) is 2.98. The van der Waals surface area contributed by atoms with Gasteiger partial charge < -0.3 is 5.73 Å². The lowest BCUT2D eigenvalue weighted by atomic mass is 10.1. The maximum atomic E-state index is 12.6. The maximum absolute atomic E-state index is 12.6. The normalized spacial score (nSPS) is 14.1. The summed E-state index contributed by atoms with van der Waals surface area (Å²) in [6, 6.07) is 3.04. The van der Waals surface area contributed by atoms with Crippen molar-refractivity contribution in [2.24, 2.45) is 5.73 Å². The Hall–Kier alpha value is -1.10. The number of halogens is 4. The summed E-state index contributed by atoms with van der Waals surface area (Å²) >= 11 is 0. The van der Waals surface area contributed by atoms with Crippen LogP contribution < -0.4 is 5.73 Å². The fraction of sp³-hybridized carbons (Fsp3) is 0.333. The molecule has 1 unspecified atom stereocenters. The summed E-state index contributed by atoms with van der Waals surface area (Å²) in [6.07, 6.45) is -4.84. The molecule has 0 aliphatic rings. The van der Waals surface area contributed by atoms with Crippen molar-refractivity contribution in [3.63, 3.8) is 0 Å². The van der Waals surface area contributed by atoms with E-state index in [0.29, 0.717) is 0 Å². The summed E-state index contributed by atoms with van der Waals surface area (Å²) in [5.41, 5.74) is 5.13. The van der Waals surface area contributed by atoms with Crippen molar-refractivity contribution in [2.75, 3.05) is 0 Å². The van der Waals surface area contributed by atoms with Gasteiger partial charge in [0.1, 0.15) is 11.9 Å². The van der Waals surface area contributed by atoms with Crippen LogP contribution in [0.3, 0.4) is 0 Å². The summed E-state index contributed by atoms with van der Waals surface area (Å²) in [7, 11) is 0. The second kappa shape index (κ2) is 3.96. The average molecular weight is 207 g/mol. The van der Waals surface area contributed by atoms with Crippen molar-refractivity contribution in [3.05, 3.63) is 35.6 Å². The molecule has 0 spiro atoms. The Morgan fingerprint density at radius 1 is 1.29 bits per heavy atom. The third kappa shape index (κ3) is 2.99. The van der Waals surface area contributed by atoms with E-state index in [0.717, 1.165) is 6.07 Å². The fourth-order valence-corrected chi connectivity index (χ4v) is 1.03. The van der Waals surface area contributed by atoms with Crippen LogP contribution in [0.1, 0.15) is 5.56 Å². The molecule has 1 nitrogen and oxygen atoms in total. The fourth-order valence-electron chi connectivity index (χ4n) is 1.03. The lowest BCUT2D eigenvalue weighted by molar-refractivity contribution is -0.147. The van der Waals surface area contributed by atoms with E-state index in [-0.39, 0.29) is 5.56 Å². The Balaban J connectivity index is 2.70. The molecule has 1 rings (SSSR count). The second-order valence-electron chi connectivity index (χ2n) is 2.98. The summed E-state index contributed by atoms with van der Waals surface area (Å²) in [5, 5.41) is 0. The van der Waals surface area contributed by atoms with Crippen LogP contribution in [0.15, 0.2) is 24.3 Å². The standard InChI is InChI=1S/C9H9F4N/c10-7-3-1-2-6(4-7)5-8(14)9(11,12)13/h1-4,8H,5,14H2. The number of nitrogens with two attached hydrogens (primary N) is 1. The van der Waals surface area contributed by atoms with E-state index < -0.39 is 24.5 Å². The van der Waals surface area contributed by atoms with E-state index in [1.807, 2.05) is 0 Å². The minimum Gasteiger partial charge on any atom is -0.320 e. The van der Waals surface area contributed by atoms with Crippen molar-refractivity contribution in [3.8, 4) is 0 Å². The van der Waals surface area contributed by atoms with Gasteiger partial charge in [0.25, 0.3) is 0 Å². The van der Waals surface area contributed by atoms with Crippen LogP contribution in [0, 0.1) is 5.82 Å². The highest BCUT2D eigenvalue weighted by molar-refractivity contribution is 5.17. The minimum absolute atomic E-state index is 0.245. The largest absolute Gasteiger partial charge is 0.403 e. The Morgan fingerprint density at radius 2 is 1.93 bits per heavy atom. The van der Waals surface area contributed by atoms with Crippen LogP contribution in [-0.2, 0) is 6.42 Å². The van der Waals surface area contributed by atoms with Crippen molar-refractivity contribution < 1.29 is 17.6 Å². The molecule has 1 aromatic rings. The van der Waals surface area contributed by atoms with E-state index in [1.54, 1.807) is 0 Å². The molecular weight excluding hydrogens is 198 g/mol. The Bertz CT molecular complexity index is 308. The van der Waals surface area contributed by atoms with Gasteiger partial charge in [-0.2, -0.15) is 13.2 Å². The molecule has 0 bridgehead atoms. The molecular formula is C9H9F4N. The number of hydrogen-bond acceptors (Lipinski definition) is 1. The van der Waals surface area contributed by atoms with Crippen LogP contribution in [0.2, 0.25) is 0 Å². The van der Waals surface area contributed by atoms with Gasteiger partial charge in [0.2, 0.25) is 0 Å². The first-order valence-electron chi connectivity index (χ1n) is 3.96. The van der Waals surface area contributed by atoms with Gasteiger partial charge in [-0.3, -0.25) is 0 Å². The Labute approximate surface area is 78.5 Å². The lowest BCUT2D eigenvalue weighted by Gasteiger charge is -2.15. The summed E-state index contributed by atoms with van der Waals surface area (Å²) in [6.45, 7) is 0. The molecule has 0 aliphatic carbocycles. The molecule has 14 heavy (non-hydrogen) atoms. The third-order valence-corrected chi connectivity index (χ3v) is 1.77. The number of alkyl halides is 3. The van der Waals surface area contributed by atoms with Gasteiger partial charge in [-0.05, 0) is 24.1 Å².